The van der Waals surface area contributed by atoms with Gasteiger partial charge in [-0.1, -0.05) is 0 Å². The summed E-state index contributed by atoms with van der Waals surface area (Å²) in [5.41, 5.74) is 0.125. The molecule has 0 bridgehead atoms. The minimum absolute atomic E-state index is 0. The molecule has 18 heavy (non-hydrogen) atoms. The van der Waals surface area contributed by atoms with Crippen molar-refractivity contribution >= 4 is 27.4 Å². The van der Waals surface area contributed by atoms with Gasteiger partial charge in [0.15, 0.2) is 0 Å². The van der Waals surface area contributed by atoms with E-state index in [1.54, 1.807) is 0 Å². The molecule has 1 unspecified atom stereocenters. The molecule has 0 fully saturated rings. The summed E-state index contributed by atoms with van der Waals surface area (Å²) in [4.78, 5) is 4.05. The largest absolute Gasteiger partial charge is 0.307 e. The van der Waals surface area contributed by atoms with Gasteiger partial charge in [0.1, 0.15) is 0 Å². The molecule has 0 saturated carbocycles. The van der Waals surface area contributed by atoms with Crippen LogP contribution in [0.1, 0.15) is 0 Å². The van der Waals surface area contributed by atoms with Crippen LogP contribution in [-0.4, -0.2) is 90.0 Å². The molecule has 0 aromatic heterocycles. The molecule has 0 rings (SSSR count). The summed E-state index contributed by atoms with van der Waals surface area (Å²) in [6.07, 6.45) is 0. The molecule has 0 spiro atoms. The zero-order valence-electron chi connectivity index (χ0n) is 13.9. The van der Waals surface area contributed by atoms with Crippen molar-refractivity contribution in [3.8, 4) is 0 Å². The Balaban J connectivity index is -0.0000000922. The van der Waals surface area contributed by atoms with Crippen LogP contribution in [0.25, 0.3) is 0 Å². The zero-order valence-corrected chi connectivity index (χ0v) is 19.3. The Hall–Kier alpha value is 1.76. The fraction of sp³-hybridized carbons (Fsp3) is 1.00. The maximum Gasteiger partial charge on any atom is 0.0973 e. The van der Waals surface area contributed by atoms with Crippen molar-refractivity contribution in [2.45, 2.75) is 5.50 Å². The molecule has 114 valence electrons. The quantitative estimate of drug-likeness (QED) is 0.343. The van der Waals surface area contributed by atoms with Crippen molar-refractivity contribution in [1.82, 2.24) is 9.80 Å². The Kier molecular flexibility index (Phi) is 29.2. The molecule has 0 aliphatic heterocycles. The topological polar surface area (TPSA) is 6.48 Å². The number of rotatable bonds is 3. The molecule has 0 heterocycles. The molecule has 0 aromatic carbocycles. The van der Waals surface area contributed by atoms with Gasteiger partial charge in [-0.25, -0.2) is 0 Å². The number of likely N-dealkylation sites (N-methyl/N-ethyl adjacent to an activating group) is 2. The first-order valence-electron chi connectivity index (χ1n) is 5.67. The summed E-state index contributed by atoms with van der Waals surface area (Å²) in [5.74, 6) is 0. The molecular formula is C12H33ClN2P2W. The third kappa shape index (κ3) is 52.4. The van der Waals surface area contributed by atoms with Crippen molar-refractivity contribution in [2.24, 2.45) is 0 Å². The van der Waals surface area contributed by atoms with E-state index in [4.69, 9.17) is 11.6 Å². The van der Waals surface area contributed by atoms with Gasteiger partial charge < -0.3 is 4.90 Å². The molecule has 0 saturated heterocycles. The second-order valence-corrected chi connectivity index (χ2v) is 11.2. The van der Waals surface area contributed by atoms with Crippen molar-refractivity contribution in [3.05, 3.63) is 0 Å². The summed E-state index contributed by atoms with van der Waals surface area (Å²) in [5, 5.41) is 0. The first kappa shape index (κ1) is 28.0. The summed E-state index contributed by atoms with van der Waals surface area (Å²) in [7, 11) is 8.73. The standard InChI is InChI=1S/C6H15ClN2.2C3H9P.W/c1-8(2)5-6(7)9(3)4;2*1-4(2)3;/h6H,5H2,1-4H3;2*1-3H3;. The number of halogens is 1. The first-order valence-corrected chi connectivity index (χ1v) is 11.5. The van der Waals surface area contributed by atoms with E-state index in [1.807, 2.05) is 33.1 Å². The predicted octanol–water partition coefficient (Wildman–Crippen LogP) is 3.39. The van der Waals surface area contributed by atoms with Crippen molar-refractivity contribution in [1.29, 1.82) is 0 Å². The van der Waals surface area contributed by atoms with Gasteiger partial charge >= 0.3 is 0 Å². The van der Waals surface area contributed by atoms with Gasteiger partial charge in [0.25, 0.3) is 0 Å². The Morgan fingerprint density at radius 3 is 1.11 bits per heavy atom. The smallest absolute Gasteiger partial charge is 0.0973 e. The van der Waals surface area contributed by atoms with E-state index < -0.39 is 0 Å². The summed E-state index contributed by atoms with van der Waals surface area (Å²) in [6.45, 7) is 14.3. The molecule has 0 aromatic rings. The Morgan fingerprint density at radius 1 is 0.833 bits per heavy atom. The van der Waals surface area contributed by atoms with Crippen LogP contribution >= 0.6 is 27.4 Å². The molecule has 2 nitrogen and oxygen atoms in total. The molecule has 0 amide bonds. The van der Waals surface area contributed by atoms with Crippen LogP contribution in [0.15, 0.2) is 0 Å². The third-order valence-corrected chi connectivity index (χ3v) is 1.60. The molecule has 0 aliphatic carbocycles. The van der Waals surface area contributed by atoms with Crippen molar-refractivity contribution in [3.63, 3.8) is 0 Å². The van der Waals surface area contributed by atoms with Gasteiger partial charge in [0.2, 0.25) is 0 Å². The SMILES string of the molecule is CN(C)CC(Cl)N(C)C.CP(C)C.CP(C)C.[W]. The van der Waals surface area contributed by atoms with Gasteiger partial charge in [-0.2, -0.15) is 0 Å². The normalized spacial score (nSPS) is 11.5. The maximum atomic E-state index is 5.89. The monoisotopic (exact) mass is 486 g/mol. The average Bonchev–Trinajstić information content (AvgIpc) is 1.99. The Bertz CT molecular complexity index is 137. The summed E-state index contributed by atoms with van der Waals surface area (Å²) < 4.78 is 0. The Labute approximate surface area is 138 Å². The fourth-order valence-electron chi connectivity index (χ4n) is 0.465. The number of hydrogen-bond acceptors (Lipinski definition) is 2. The van der Waals surface area contributed by atoms with E-state index in [-0.39, 0.29) is 26.6 Å². The van der Waals surface area contributed by atoms with E-state index in [0.29, 0.717) is 15.8 Å². The second-order valence-electron chi connectivity index (χ2n) is 5.34. The number of nitrogens with zero attached hydrogens (tertiary/aromatic N) is 2. The van der Waals surface area contributed by atoms with Gasteiger partial charge in [0.05, 0.1) is 5.50 Å². The van der Waals surface area contributed by atoms with E-state index in [2.05, 4.69) is 44.9 Å². The van der Waals surface area contributed by atoms with E-state index >= 15 is 0 Å². The predicted molar refractivity (Wildman–Crippen MR) is 91.3 cm³/mol. The first-order chi connectivity index (χ1) is 7.50. The van der Waals surface area contributed by atoms with Gasteiger partial charge in [-0.05, 0) is 68.2 Å². The fourth-order valence-corrected chi connectivity index (χ4v) is 0.741. The van der Waals surface area contributed by atoms with Crippen LogP contribution in [-0.2, 0) is 21.1 Å². The molecule has 0 radical (unpaired) electrons. The van der Waals surface area contributed by atoms with Crippen molar-refractivity contribution < 1.29 is 21.1 Å². The van der Waals surface area contributed by atoms with Crippen LogP contribution in [0.5, 0.6) is 0 Å². The molecule has 0 aliphatic rings. The minimum Gasteiger partial charge on any atom is -0.307 e. The molecule has 6 heteroatoms. The van der Waals surface area contributed by atoms with Gasteiger partial charge in [-0.15, -0.1) is 27.4 Å². The van der Waals surface area contributed by atoms with Crippen LogP contribution < -0.4 is 0 Å². The van der Waals surface area contributed by atoms with E-state index in [0.717, 1.165) is 6.54 Å². The van der Waals surface area contributed by atoms with Crippen LogP contribution in [0, 0.1) is 0 Å². The number of alkyl halides is 1. The molecule has 0 N–H and O–H groups in total. The van der Waals surface area contributed by atoms with Crippen LogP contribution in [0.4, 0.5) is 0 Å². The Morgan fingerprint density at radius 2 is 1.06 bits per heavy atom. The summed E-state index contributed by atoms with van der Waals surface area (Å²) in [6, 6.07) is 0. The molecule has 1 atom stereocenters. The zero-order chi connectivity index (χ0) is 14.6. The van der Waals surface area contributed by atoms with Crippen LogP contribution in [0.2, 0.25) is 0 Å². The van der Waals surface area contributed by atoms with Crippen LogP contribution in [0.3, 0.4) is 0 Å². The minimum atomic E-state index is 0. The second kappa shape index (κ2) is 18.8. The summed E-state index contributed by atoms with van der Waals surface area (Å²) >= 11 is 5.89. The number of hydrogen-bond donors (Lipinski definition) is 0. The van der Waals surface area contributed by atoms with Gasteiger partial charge in [-0.3, -0.25) is 4.90 Å². The van der Waals surface area contributed by atoms with Gasteiger partial charge in [0, 0.05) is 27.6 Å². The van der Waals surface area contributed by atoms with E-state index in [1.165, 1.54) is 0 Å². The molecular weight excluding hydrogens is 453 g/mol. The average molecular weight is 487 g/mol. The maximum absolute atomic E-state index is 5.89. The third-order valence-electron chi connectivity index (χ3n) is 1.08. The van der Waals surface area contributed by atoms with Crippen molar-refractivity contribution in [2.75, 3.05) is 74.7 Å². The van der Waals surface area contributed by atoms with E-state index in [9.17, 15) is 0 Å².